The average Bonchev–Trinajstić information content (AvgIpc) is 2.53. The summed E-state index contributed by atoms with van der Waals surface area (Å²) < 4.78 is 1.60. The van der Waals surface area contributed by atoms with Gasteiger partial charge in [0.15, 0.2) is 0 Å². The van der Waals surface area contributed by atoms with E-state index in [1.54, 1.807) is 30.2 Å². The van der Waals surface area contributed by atoms with Crippen LogP contribution < -0.4 is 5.73 Å². The van der Waals surface area contributed by atoms with Crippen molar-refractivity contribution in [2.75, 3.05) is 0 Å². The summed E-state index contributed by atoms with van der Waals surface area (Å²) in [4.78, 5) is 3.80. The Morgan fingerprint density at radius 3 is 2.91 bits per heavy atom. The van der Waals surface area contributed by atoms with Gasteiger partial charge in [0, 0.05) is 12.4 Å². The molecule has 0 aliphatic carbocycles. The molecule has 0 aliphatic heterocycles. The van der Waals surface area contributed by atoms with E-state index in [9.17, 15) is 0 Å². The molecule has 4 nitrogen and oxygen atoms in total. The average molecular weight is 148 g/mol. The number of nitriles is 1. The predicted molar refractivity (Wildman–Crippen MR) is 40.9 cm³/mol. The van der Waals surface area contributed by atoms with Gasteiger partial charge in [0.25, 0.3) is 0 Å². The molecular weight excluding hydrogens is 140 g/mol. The smallest absolute Gasteiger partial charge is 0.122 e. The summed E-state index contributed by atoms with van der Waals surface area (Å²) in [6.45, 7) is 1.66. The van der Waals surface area contributed by atoms with E-state index in [2.05, 4.69) is 4.98 Å². The standard InChI is InChI=1S/C7H8N4/c1-6(4-8)7(9)11-3-2-10-5-11/h2-3,5H,9H2,1H3/b7-6-. The molecule has 11 heavy (non-hydrogen) atoms. The first-order valence-electron chi connectivity index (χ1n) is 3.10. The van der Waals surface area contributed by atoms with E-state index in [1.807, 2.05) is 6.07 Å². The Labute approximate surface area is 64.6 Å². The van der Waals surface area contributed by atoms with Crippen LogP contribution in [0.3, 0.4) is 0 Å². The fourth-order valence-corrected chi connectivity index (χ4v) is 0.653. The van der Waals surface area contributed by atoms with Crippen LogP contribution in [0.4, 0.5) is 0 Å². The summed E-state index contributed by atoms with van der Waals surface area (Å²) in [6, 6.07) is 1.96. The third-order valence-corrected chi connectivity index (χ3v) is 1.33. The molecule has 0 atom stereocenters. The lowest BCUT2D eigenvalue weighted by Gasteiger charge is -2.00. The van der Waals surface area contributed by atoms with Gasteiger partial charge in [-0.1, -0.05) is 0 Å². The van der Waals surface area contributed by atoms with E-state index < -0.39 is 0 Å². The van der Waals surface area contributed by atoms with Gasteiger partial charge in [0.2, 0.25) is 0 Å². The topological polar surface area (TPSA) is 67.6 Å². The van der Waals surface area contributed by atoms with Gasteiger partial charge in [-0.15, -0.1) is 0 Å². The first-order chi connectivity index (χ1) is 5.25. The van der Waals surface area contributed by atoms with Crippen molar-refractivity contribution in [2.45, 2.75) is 6.92 Å². The maximum atomic E-state index is 8.48. The Morgan fingerprint density at radius 2 is 2.45 bits per heavy atom. The fraction of sp³-hybridized carbons (Fsp3) is 0.143. The normalized spacial score (nSPS) is 12.0. The van der Waals surface area contributed by atoms with Gasteiger partial charge < -0.3 is 5.73 Å². The van der Waals surface area contributed by atoms with Crippen molar-refractivity contribution in [1.29, 1.82) is 5.26 Å². The number of nitrogens with two attached hydrogens (primary N) is 1. The van der Waals surface area contributed by atoms with Crippen molar-refractivity contribution in [3.8, 4) is 6.07 Å². The Balaban J connectivity index is 3.05. The molecule has 0 fully saturated rings. The minimum absolute atomic E-state index is 0.421. The number of rotatable bonds is 1. The molecule has 0 amide bonds. The first kappa shape index (κ1) is 7.35. The number of nitrogens with zero attached hydrogens (tertiary/aromatic N) is 3. The number of allylic oxidation sites excluding steroid dienone is 1. The molecule has 1 heterocycles. The highest BCUT2D eigenvalue weighted by Crippen LogP contribution is 2.01. The van der Waals surface area contributed by atoms with Gasteiger partial charge in [-0.3, -0.25) is 4.57 Å². The van der Waals surface area contributed by atoms with Crippen LogP contribution in [0.25, 0.3) is 5.82 Å². The number of hydrogen-bond donors (Lipinski definition) is 1. The maximum absolute atomic E-state index is 8.48. The van der Waals surface area contributed by atoms with Crippen molar-refractivity contribution in [3.05, 3.63) is 24.3 Å². The molecule has 1 aromatic heterocycles. The summed E-state index contributed by atoms with van der Waals surface area (Å²) in [7, 11) is 0. The zero-order valence-electron chi connectivity index (χ0n) is 6.15. The fourth-order valence-electron chi connectivity index (χ4n) is 0.653. The van der Waals surface area contributed by atoms with E-state index in [0.29, 0.717) is 11.4 Å². The van der Waals surface area contributed by atoms with Crippen molar-refractivity contribution in [2.24, 2.45) is 5.73 Å². The maximum Gasteiger partial charge on any atom is 0.122 e. The largest absolute Gasteiger partial charge is 0.384 e. The molecule has 0 aromatic carbocycles. The summed E-state index contributed by atoms with van der Waals surface area (Å²) in [5.41, 5.74) is 6.06. The second kappa shape index (κ2) is 2.88. The third-order valence-electron chi connectivity index (χ3n) is 1.33. The minimum Gasteiger partial charge on any atom is -0.384 e. The zero-order chi connectivity index (χ0) is 8.27. The quantitative estimate of drug-likeness (QED) is 0.591. The van der Waals surface area contributed by atoms with Crippen LogP contribution in [0.2, 0.25) is 0 Å². The van der Waals surface area contributed by atoms with Crippen molar-refractivity contribution < 1.29 is 0 Å². The molecule has 0 saturated carbocycles. The van der Waals surface area contributed by atoms with E-state index in [4.69, 9.17) is 11.0 Å². The molecule has 56 valence electrons. The number of aromatic nitrogens is 2. The van der Waals surface area contributed by atoms with Crippen LogP contribution in [0.15, 0.2) is 24.3 Å². The SMILES string of the molecule is C/C(C#N)=C(\N)n1ccnc1. The van der Waals surface area contributed by atoms with Gasteiger partial charge in [-0.2, -0.15) is 5.26 Å². The molecule has 0 saturated heterocycles. The van der Waals surface area contributed by atoms with Gasteiger partial charge in [0.05, 0.1) is 11.6 Å². The van der Waals surface area contributed by atoms with Crippen LogP contribution in [0, 0.1) is 11.3 Å². The summed E-state index contributed by atoms with van der Waals surface area (Å²) in [6.07, 6.45) is 4.85. The van der Waals surface area contributed by atoms with Gasteiger partial charge in [-0.25, -0.2) is 4.98 Å². The van der Waals surface area contributed by atoms with Gasteiger partial charge in [0.1, 0.15) is 12.1 Å². The van der Waals surface area contributed by atoms with E-state index >= 15 is 0 Å². The lowest BCUT2D eigenvalue weighted by atomic mass is 10.3. The third kappa shape index (κ3) is 1.38. The molecular formula is C7H8N4. The Hall–Kier alpha value is -1.76. The van der Waals surface area contributed by atoms with E-state index in [0.717, 1.165) is 0 Å². The Kier molecular flexibility index (Phi) is 1.93. The van der Waals surface area contributed by atoms with Crippen molar-refractivity contribution in [1.82, 2.24) is 9.55 Å². The van der Waals surface area contributed by atoms with Gasteiger partial charge in [-0.05, 0) is 6.92 Å². The molecule has 1 rings (SSSR count). The Morgan fingerprint density at radius 1 is 1.73 bits per heavy atom. The molecule has 0 unspecified atom stereocenters. The molecule has 1 aromatic rings. The lowest BCUT2D eigenvalue weighted by Crippen LogP contribution is -2.05. The predicted octanol–water partition coefficient (Wildman–Crippen LogP) is 0.554. The van der Waals surface area contributed by atoms with Gasteiger partial charge >= 0.3 is 0 Å². The van der Waals surface area contributed by atoms with Crippen LogP contribution in [-0.4, -0.2) is 9.55 Å². The molecule has 0 bridgehead atoms. The first-order valence-corrected chi connectivity index (χ1v) is 3.10. The van der Waals surface area contributed by atoms with Crippen LogP contribution >= 0.6 is 0 Å². The zero-order valence-corrected chi connectivity index (χ0v) is 6.15. The molecule has 4 heteroatoms. The van der Waals surface area contributed by atoms with E-state index in [-0.39, 0.29) is 0 Å². The molecule has 0 radical (unpaired) electrons. The second-order valence-electron chi connectivity index (χ2n) is 2.09. The summed E-state index contributed by atoms with van der Waals surface area (Å²) in [5, 5.41) is 8.48. The lowest BCUT2D eigenvalue weighted by molar-refractivity contribution is 1.05. The summed E-state index contributed by atoms with van der Waals surface area (Å²) >= 11 is 0. The van der Waals surface area contributed by atoms with Crippen LogP contribution in [0.5, 0.6) is 0 Å². The molecule has 2 N–H and O–H groups in total. The minimum atomic E-state index is 0.421. The van der Waals surface area contributed by atoms with E-state index in [1.165, 1.54) is 0 Å². The van der Waals surface area contributed by atoms with Crippen LogP contribution in [-0.2, 0) is 0 Å². The monoisotopic (exact) mass is 148 g/mol. The highest BCUT2D eigenvalue weighted by molar-refractivity contribution is 5.51. The molecule has 0 spiro atoms. The highest BCUT2D eigenvalue weighted by atomic mass is 15.1. The van der Waals surface area contributed by atoms with Crippen LogP contribution in [0.1, 0.15) is 6.92 Å². The number of imidazole rings is 1. The molecule has 0 aliphatic rings. The number of hydrogen-bond acceptors (Lipinski definition) is 3. The van der Waals surface area contributed by atoms with Crippen molar-refractivity contribution >= 4 is 5.82 Å². The second-order valence-corrected chi connectivity index (χ2v) is 2.09. The van der Waals surface area contributed by atoms with Crippen molar-refractivity contribution in [3.63, 3.8) is 0 Å². The highest BCUT2D eigenvalue weighted by Gasteiger charge is 1.97. The Bertz CT molecular complexity index is 302. The summed E-state index contributed by atoms with van der Waals surface area (Å²) in [5.74, 6) is 0.421.